The van der Waals surface area contributed by atoms with E-state index in [0.29, 0.717) is 18.4 Å². The SMILES string of the molecule is CNc1nc(OC(C)COC)c2ccccc2n1. The summed E-state index contributed by atoms with van der Waals surface area (Å²) in [7, 11) is 3.43. The molecule has 5 heteroatoms. The number of aromatic nitrogens is 2. The summed E-state index contributed by atoms with van der Waals surface area (Å²) >= 11 is 0. The molecule has 2 rings (SSSR count). The van der Waals surface area contributed by atoms with E-state index in [0.717, 1.165) is 10.9 Å². The number of hydrogen-bond acceptors (Lipinski definition) is 5. The third kappa shape index (κ3) is 2.68. The van der Waals surface area contributed by atoms with Crippen molar-refractivity contribution in [2.45, 2.75) is 13.0 Å². The van der Waals surface area contributed by atoms with Gasteiger partial charge in [-0.2, -0.15) is 4.98 Å². The number of anilines is 1. The minimum absolute atomic E-state index is 0.0574. The predicted molar refractivity (Wildman–Crippen MR) is 71.1 cm³/mol. The molecule has 0 fully saturated rings. The van der Waals surface area contributed by atoms with Gasteiger partial charge < -0.3 is 14.8 Å². The summed E-state index contributed by atoms with van der Waals surface area (Å²) in [6, 6.07) is 7.77. The molecule has 0 bridgehead atoms. The number of ether oxygens (including phenoxy) is 2. The Morgan fingerprint density at radius 1 is 1.28 bits per heavy atom. The Labute approximate surface area is 106 Å². The summed E-state index contributed by atoms with van der Waals surface area (Å²) in [5, 5.41) is 3.83. The smallest absolute Gasteiger partial charge is 0.226 e. The van der Waals surface area contributed by atoms with Crippen LogP contribution in [-0.2, 0) is 4.74 Å². The Morgan fingerprint density at radius 2 is 2.06 bits per heavy atom. The number of nitrogens with one attached hydrogen (secondary N) is 1. The molecule has 0 aliphatic carbocycles. The monoisotopic (exact) mass is 247 g/mol. The Hall–Kier alpha value is -1.88. The zero-order chi connectivity index (χ0) is 13.0. The highest BCUT2D eigenvalue weighted by Crippen LogP contribution is 2.24. The van der Waals surface area contributed by atoms with Crippen molar-refractivity contribution >= 4 is 16.9 Å². The predicted octanol–water partition coefficient (Wildman–Crippen LogP) is 2.09. The van der Waals surface area contributed by atoms with Crippen LogP contribution in [0.1, 0.15) is 6.92 Å². The van der Waals surface area contributed by atoms with Crippen molar-refractivity contribution in [2.24, 2.45) is 0 Å². The maximum absolute atomic E-state index is 5.79. The molecule has 1 aromatic heterocycles. The van der Waals surface area contributed by atoms with Crippen molar-refractivity contribution in [3.8, 4) is 5.88 Å². The number of methoxy groups -OCH3 is 1. The van der Waals surface area contributed by atoms with Crippen LogP contribution in [-0.4, -0.2) is 36.8 Å². The summed E-state index contributed by atoms with van der Waals surface area (Å²) in [6.45, 7) is 2.46. The van der Waals surface area contributed by atoms with Gasteiger partial charge in [0.25, 0.3) is 0 Å². The van der Waals surface area contributed by atoms with E-state index >= 15 is 0 Å². The first-order chi connectivity index (χ1) is 8.74. The fourth-order valence-electron chi connectivity index (χ4n) is 1.71. The van der Waals surface area contributed by atoms with E-state index < -0.39 is 0 Å². The Bertz CT molecular complexity index is 531. The lowest BCUT2D eigenvalue weighted by atomic mass is 10.2. The molecule has 0 spiro atoms. The van der Waals surface area contributed by atoms with Gasteiger partial charge in [0.15, 0.2) is 0 Å². The molecule has 96 valence electrons. The van der Waals surface area contributed by atoms with E-state index in [-0.39, 0.29) is 6.10 Å². The van der Waals surface area contributed by atoms with Crippen LogP contribution in [0.2, 0.25) is 0 Å². The van der Waals surface area contributed by atoms with Gasteiger partial charge >= 0.3 is 0 Å². The largest absolute Gasteiger partial charge is 0.472 e. The van der Waals surface area contributed by atoms with Crippen molar-refractivity contribution in [1.82, 2.24) is 9.97 Å². The minimum Gasteiger partial charge on any atom is -0.472 e. The lowest BCUT2D eigenvalue weighted by Gasteiger charge is -2.15. The quantitative estimate of drug-likeness (QED) is 0.876. The van der Waals surface area contributed by atoms with Crippen molar-refractivity contribution < 1.29 is 9.47 Å². The van der Waals surface area contributed by atoms with Gasteiger partial charge in [-0.15, -0.1) is 0 Å². The molecule has 0 radical (unpaired) electrons. The van der Waals surface area contributed by atoms with E-state index in [1.54, 1.807) is 14.2 Å². The topological polar surface area (TPSA) is 56.3 Å². The second-order valence-electron chi connectivity index (χ2n) is 4.00. The van der Waals surface area contributed by atoms with E-state index in [2.05, 4.69) is 15.3 Å². The van der Waals surface area contributed by atoms with E-state index in [9.17, 15) is 0 Å². The Kier molecular flexibility index (Phi) is 3.94. The summed E-state index contributed by atoms with van der Waals surface area (Å²) in [4.78, 5) is 8.72. The van der Waals surface area contributed by atoms with Crippen LogP contribution < -0.4 is 10.1 Å². The molecule has 2 aromatic rings. The molecule has 18 heavy (non-hydrogen) atoms. The minimum atomic E-state index is -0.0574. The summed E-state index contributed by atoms with van der Waals surface area (Å²) in [6.07, 6.45) is -0.0574. The number of para-hydroxylation sites is 1. The zero-order valence-electron chi connectivity index (χ0n) is 10.8. The summed E-state index contributed by atoms with van der Waals surface area (Å²) in [5.74, 6) is 1.13. The maximum Gasteiger partial charge on any atom is 0.226 e. The maximum atomic E-state index is 5.79. The first-order valence-electron chi connectivity index (χ1n) is 5.84. The van der Waals surface area contributed by atoms with Gasteiger partial charge in [0, 0.05) is 14.2 Å². The number of fused-ring (bicyclic) bond motifs is 1. The zero-order valence-corrected chi connectivity index (χ0v) is 10.8. The van der Waals surface area contributed by atoms with Crippen molar-refractivity contribution in [1.29, 1.82) is 0 Å². The number of benzene rings is 1. The van der Waals surface area contributed by atoms with E-state index in [1.165, 1.54) is 0 Å². The Balaban J connectivity index is 2.40. The Morgan fingerprint density at radius 3 is 2.78 bits per heavy atom. The lowest BCUT2D eigenvalue weighted by molar-refractivity contribution is 0.0901. The van der Waals surface area contributed by atoms with Gasteiger partial charge in [-0.1, -0.05) is 12.1 Å². The van der Waals surface area contributed by atoms with Gasteiger partial charge in [-0.3, -0.25) is 0 Å². The van der Waals surface area contributed by atoms with Gasteiger partial charge in [0.1, 0.15) is 6.10 Å². The number of nitrogens with zero attached hydrogens (tertiary/aromatic N) is 2. The highest BCUT2D eigenvalue weighted by Gasteiger charge is 2.11. The van der Waals surface area contributed by atoms with Crippen LogP contribution in [0, 0.1) is 0 Å². The molecule has 0 saturated heterocycles. The van der Waals surface area contributed by atoms with Crippen molar-refractivity contribution in [2.75, 3.05) is 26.1 Å². The second-order valence-corrected chi connectivity index (χ2v) is 4.00. The first-order valence-corrected chi connectivity index (χ1v) is 5.84. The van der Waals surface area contributed by atoms with Crippen LogP contribution in [0.15, 0.2) is 24.3 Å². The second kappa shape index (κ2) is 5.64. The molecule has 0 aliphatic heterocycles. The standard InChI is InChI=1S/C13H17N3O2/c1-9(8-17-3)18-12-10-6-4-5-7-11(10)15-13(14-2)16-12/h4-7,9H,8H2,1-3H3,(H,14,15,16). The third-order valence-electron chi connectivity index (χ3n) is 2.51. The van der Waals surface area contributed by atoms with Crippen LogP contribution in [0.4, 0.5) is 5.95 Å². The fourth-order valence-corrected chi connectivity index (χ4v) is 1.71. The van der Waals surface area contributed by atoms with Gasteiger partial charge in [-0.05, 0) is 19.1 Å². The number of rotatable bonds is 5. The van der Waals surface area contributed by atoms with Crippen molar-refractivity contribution in [3.63, 3.8) is 0 Å². The molecule has 1 heterocycles. The highest BCUT2D eigenvalue weighted by atomic mass is 16.5. The third-order valence-corrected chi connectivity index (χ3v) is 2.51. The fraction of sp³-hybridized carbons (Fsp3) is 0.385. The molecule has 1 atom stereocenters. The van der Waals surface area contributed by atoms with Crippen LogP contribution in [0.5, 0.6) is 5.88 Å². The van der Waals surface area contributed by atoms with Crippen LogP contribution in [0.3, 0.4) is 0 Å². The molecule has 0 aliphatic rings. The van der Waals surface area contributed by atoms with Crippen molar-refractivity contribution in [3.05, 3.63) is 24.3 Å². The molecule has 1 N–H and O–H groups in total. The molecule has 1 unspecified atom stereocenters. The lowest BCUT2D eigenvalue weighted by Crippen LogP contribution is -2.19. The van der Waals surface area contributed by atoms with Crippen LogP contribution >= 0.6 is 0 Å². The summed E-state index contributed by atoms with van der Waals surface area (Å²) < 4.78 is 10.9. The molecular weight excluding hydrogens is 230 g/mol. The normalized spacial score (nSPS) is 12.4. The van der Waals surface area contributed by atoms with Gasteiger partial charge in [-0.25, -0.2) is 4.98 Å². The summed E-state index contributed by atoms with van der Waals surface area (Å²) in [5.41, 5.74) is 0.858. The molecule has 0 amide bonds. The molecular formula is C13H17N3O2. The highest BCUT2D eigenvalue weighted by molar-refractivity contribution is 5.84. The van der Waals surface area contributed by atoms with E-state index in [4.69, 9.17) is 9.47 Å². The first kappa shape index (κ1) is 12.6. The van der Waals surface area contributed by atoms with Gasteiger partial charge in [0.05, 0.1) is 17.5 Å². The molecule has 0 saturated carbocycles. The van der Waals surface area contributed by atoms with E-state index in [1.807, 2.05) is 31.2 Å². The number of hydrogen-bond donors (Lipinski definition) is 1. The average Bonchev–Trinajstić information content (AvgIpc) is 2.38. The van der Waals surface area contributed by atoms with Crippen LogP contribution in [0.25, 0.3) is 10.9 Å². The molecule has 5 nitrogen and oxygen atoms in total. The average molecular weight is 247 g/mol. The molecule has 1 aromatic carbocycles. The van der Waals surface area contributed by atoms with Gasteiger partial charge in [0.2, 0.25) is 11.8 Å².